The van der Waals surface area contributed by atoms with Crippen molar-refractivity contribution in [1.29, 1.82) is 0 Å². The number of pyridine rings is 2. The van der Waals surface area contributed by atoms with Gasteiger partial charge in [-0.15, -0.1) is 59.9 Å². The van der Waals surface area contributed by atoms with E-state index in [1.807, 2.05) is 10.8 Å². The fourth-order valence-corrected chi connectivity index (χ4v) is 9.46. The van der Waals surface area contributed by atoms with E-state index in [9.17, 15) is 0 Å². The number of halogens is 3. The smallest absolute Gasteiger partial charge is 0.203 e. The molecule has 61 heavy (non-hydrogen) atoms. The number of fused-ring (bicyclic) bond motifs is 4. The number of piperidine rings is 2. The van der Waals surface area contributed by atoms with Crippen LogP contribution in [-0.4, -0.2) is 68.2 Å². The Labute approximate surface area is 383 Å². The second-order valence-electron chi connectivity index (χ2n) is 15.0. The fourth-order valence-electron chi connectivity index (χ4n) is 8.52. The van der Waals surface area contributed by atoms with Crippen LogP contribution in [0.2, 0.25) is 0 Å². The molecule has 15 heteroatoms. The molecule has 10 rings (SSSR count). The van der Waals surface area contributed by atoms with Gasteiger partial charge in [-0.05, 0) is 76.1 Å². The first kappa shape index (κ1) is 46.0. The molecule has 6 heterocycles. The second kappa shape index (κ2) is 22.5. The van der Waals surface area contributed by atoms with Gasteiger partial charge in [0.2, 0.25) is 10.3 Å². The van der Waals surface area contributed by atoms with E-state index in [2.05, 4.69) is 137 Å². The third-order valence-electron chi connectivity index (χ3n) is 11.4. The third kappa shape index (κ3) is 10.7. The van der Waals surface area contributed by atoms with Crippen LogP contribution in [-0.2, 0) is 13.1 Å². The molecule has 2 N–H and O–H groups in total. The van der Waals surface area contributed by atoms with Gasteiger partial charge in [0, 0.05) is 70.9 Å². The summed E-state index contributed by atoms with van der Waals surface area (Å²) in [6.07, 6.45) is 11.6. The van der Waals surface area contributed by atoms with Crippen LogP contribution in [0, 0.1) is 0 Å². The number of para-hydroxylation sites is 4. The molecule has 0 atom stereocenters. The zero-order valence-corrected chi connectivity index (χ0v) is 38.1. The first-order chi connectivity index (χ1) is 28.8. The summed E-state index contributed by atoms with van der Waals surface area (Å²) in [7, 11) is 0. The maximum Gasteiger partial charge on any atom is 0.203 e. The number of benzene rings is 4. The molecule has 0 radical (unpaired) electrons. The van der Waals surface area contributed by atoms with Gasteiger partial charge in [-0.1, -0.05) is 85.6 Å². The molecule has 2 fully saturated rings. The molecule has 0 unspecified atom stereocenters. The number of hydrogen-bond donors (Lipinski definition) is 2. The van der Waals surface area contributed by atoms with Crippen LogP contribution in [0.15, 0.2) is 130 Å². The summed E-state index contributed by atoms with van der Waals surface area (Å²) >= 11 is 3.11. The topological polar surface area (TPSA) is 90.9 Å². The van der Waals surface area contributed by atoms with Crippen molar-refractivity contribution in [3.05, 3.63) is 131 Å². The third-order valence-corrected chi connectivity index (χ3v) is 12.7. The largest absolute Gasteiger partial charge is 0.339 e. The lowest BCUT2D eigenvalue weighted by Gasteiger charge is -2.27. The molecular formula is C46H53Cl3N10S2. The van der Waals surface area contributed by atoms with E-state index < -0.39 is 0 Å². The maximum atomic E-state index is 4.77. The highest BCUT2D eigenvalue weighted by Gasteiger charge is 2.15. The summed E-state index contributed by atoms with van der Waals surface area (Å²) in [5, 5.41) is 21.6. The molecule has 8 aromatic rings. The SMILES string of the molecule is Cl.Cl.Cl.c1ccc2c(c1)c(=NNc1nccs1)c1ccccc1n2CCN1CCCCC1.c1ccc2c(c1)c(=NNc1nccs1)c1ccccc1n2CCN1CCCCC1. The van der Waals surface area contributed by atoms with Crippen molar-refractivity contribution in [3.63, 3.8) is 0 Å². The average Bonchev–Trinajstić information content (AvgIpc) is 4.02. The lowest BCUT2D eigenvalue weighted by atomic mass is 10.1. The van der Waals surface area contributed by atoms with Gasteiger partial charge >= 0.3 is 0 Å². The minimum Gasteiger partial charge on any atom is -0.339 e. The number of anilines is 2. The molecule has 2 aliphatic rings. The Morgan fingerprint density at radius 1 is 0.443 bits per heavy atom. The molecule has 2 saturated heterocycles. The van der Waals surface area contributed by atoms with Gasteiger partial charge in [-0.2, -0.15) is 10.2 Å². The number of aromatic nitrogens is 4. The van der Waals surface area contributed by atoms with E-state index in [0.717, 1.165) is 68.7 Å². The molecule has 2 aliphatic heterocycles. The summed E-state index contributed by atoms with van der Waals surface area (Å²) in [4.78, 5) is 13.8. The van der Waals surface area contributed by atoms with Crippen LogP contribution in [0.1, 0.15) is 38.5 Å². The van der Waals surface area contributed by atoms with E-state index in [1.165, 1.54) is 86.8 Å². The molecule has 4 aromatic heterocycles. The summed E-state index contributed by atoms with van der Waals surface area (Å²) in [5.74, 6) is 0. The standard InChI is InChI=1S/2C23H25N5S.3ClH/c2*1-6-13-27(14-7-1)15-16-28-20-10-4-2-8-18(20)22(19-9-3-5-11-21(19)28)25-26-23-24-12-17-29-23;;;/h2*2-5,8-12,17H,1,6-7,13-16H2,(H,24,26);3*1H. The molecule has 0 saturated carbocycles. The normalized spacial score (nSPS) is 14.3. The van der Waals surface area contributed by atoms with Crippen LogP contribution in [0.3, 0.4) is 0 Å². The van der Waals surface area contributed by atoms with E-state index in [-0.39, 0.29) is 37.2 Å². The molecule has 10 nitrogen and oxygen atoms in total. The maximum absolute atomic E-state index is 4.77. The highest BCUT2D eigenvalue weighted by molar-refractivity contribution is 7.13. The molecule has 0 amide bonds. The second-order valence-corrected chi connectivity index (χ2v) is 16.8. The van der Waals surface area contributed by atoms with Gasteiger partial charge in [0.1, 0.15) is 10.7 Å². The zero-order chi connectivity index (χ0) is 38.9. The minimum absolute atomic E-state index is 0. The van der Waals surface area contributed by atoms with Crippen LogP contribution in [0.25, 0.3) is 43.6 Å². The molecule has 0 bridgehead atoms. The molecule has 0 spiro atoms. The monoisotopic (exact) mass is 914 g/mol. The van der Waals surface area contributed by atoms with Crippen LogP contribution in [0.5, 0.6) is 0 Å². The van der Waals surface area contributed by atoms with E-state index in [1.54, 1.807) is 35.1 Å². The van der Waals surface area contributed by atoms with Crippen molar-refractivity contribution >= 4 is 114 Å². The molecule has 320 valence electrons. The lowest BCUT2D eigenvalue weighted by Crippen LogP contribution is -2.33. The first-order valence-electron chi connectivity index (χ1n) is 20.6. The number of rotatable bonds is 10. The van der Waals surface area contributed by atoms with Crippen molar-refractivity contribution in [3.8, 4) is 0 Å². The first-order valence-corrected chi connectivity index (χ1v) is 22.4. The molecule has 4 aromatic carbocycles. The Morgan fingerprint density at radius 2 is 0.770 bits per heavy atom. The average molecular weight is 916 g/mol. The van der Waals surface area contributed by atoms with Crippen LogP contribution >= 0.6 is 59.9 Å². The number of nitrogens with one attached hydrogen (secondary N) is 2. The Balaban J connectivity index is 0.000000194. The van der Waals surface area contributed by atoms with E-state index in [0.29, 0.717) is 0 Å². The Kier molecular flexibility index (Phi) is 17.0. The Morgan fingerprint density at radius 3 is 1.08 bits per heavy atom. The Hall–Kier alpha value is -4.53. The number of likely N-dealkylation sites (tertiary alicyclic amines) is 2. The minimum atomic E-state index is 0. The zero-order valence-electron chi connectivity index (χ0n) is 34.1. The number of nitrogens with zero attached hydrogens (tertiary/aromatic N) is 8. The summed E-state index contributed by atoms with van der Waals surface area (Å²) in [6.45, 7) is 9.05. The quantitative estimate of drug-likeness (QED) is 0.105. The highest BCUT2D eigenvalue weighted by atomic mass is 35.5. The van der Waals surface area contributed by atoms with Gasteiger partial charge in [-0.3, -0.25) is 10.9 Å². The van der Waals surface area contributed by atoms with E-state index >= 15 is 0 Å². The number of hydrogen-bond acceptors (Lipinski definition) is 10. The van der Waals surface area contributed by atoms with Crippen molar-refractivity contribution in [2.45, 2.75) is 51.6 Å². The Bertz CT molecular complexity index is 2430. The van der Waals surface area contributed by atoms with Gasteiger partial charge < -0.3 is 18.9 Å². The van der Waals surface area contributed by atoms with Crippen molar-refractivity contribution in [1.82, 2.24) is 28.9 Å². The van der Waals surface area contributed by atoms with Gasteiger partial charge in [0.05, 0.1) is 22.1 Å². The van der Waals surface area contributed by atoms with Crippen LogP contribution < -0.4 is 21.6 Å². The van der Waals surface area contributed by atoms with E-state index in [4.69, 9.17) is 10.2 Å². The van der Waals surface area contributed by atoms with Crippen molar-refractivity contribution in [2.24, 2.45) is 10.2 Å². The predicted octanol–water partition coefficient (Wildman–Crippen LogP) is 10.6. The predicted molar refractivity (Wildman–Crippen MR) is 264 cm³/mol. The lowest BCUT2D eigenvalue weighted by molar-refractivity contribution is 0.222. The highest BCUT2D eigenvalue weighted by Crippen LogP contribution is 2.23. The van der Waals surface area contributed by atoms with Gasteiger partial charge in [0.15, 0.2) is 0 Å². The van der Waals surface area contributed by atoms with Gasteiger partial charge in [-0.25, -0.2) is 9.97 Å². The van der Waals surface area contributed by atoms with Crippen molar-refractivity contribution < 1.29 is 0 Å². The van der Waals surface area contributed by atoms with Crippen molar-refractivity contribution in [2.75, 3.05) is 50.1 Å². The van der Waals surface area contributed by atoms with Crippen LogP contribution in [0.4, 0.5) is 10.3 Å². The summed E-state index contributed by atoms with van der Waals surface area (Å²) in [6, 6.07) is 34.3. The number of thiazole rings is 2. The summed E-state index contributed by atoms with van der Waals surface area (Å²) < 4.78 is 4.92. The summed E-state index contributed by atoms with van der Waals surface area (Å²) in [5.41, 5.74) is 11.2. The molecule has 0 aliphatic carbocycles. The van der Waals surface area contributed by atoms with Gasteiger partial charge in [0.25, 0.3) is 0 Å². The molecular weight excluding hydrogens is 863 g/mol. The fraction of sp³-hybridized carbons (Fsp3) is 0.304.